The molecule has 1 unspecified atom stereocenters. The van der Waals surface area contributed by atoms with E-state index < -0.39 is 0 Å². The van der Waals surface area contributed by atoms with Gasteiger partial charge in [0.2, 0.25) is 0 Å². The Morgan fingerprint density at radius 1 is 1.20 bits per heavy atom. The van der Waals surface area contributed by atoms with Crippen LogP contribution in [0, 0.1) is 5.92 Å². The number of halogens is 1. The van der Waals surface area contributed by atoms with Gasteiger partial charge in [-0.2, -0.15) is 0 Å². The van der Waals surface area contributed by atoms with E-state index in [4.69, 9.17) is 17.3 Å². The Balaban J connectivity index is 1.76. The normalized spacial score (nSPS) is 23.9. The highest BCUT2D eigenvalue weighted by Gasteiger charge is 2.31. The van der Waals surface area contributed by atoms with E-state index >= 15 is 0 Å². The Bertz CT molecular complexity index is 494. The summed E-state index contributed by atoms with van der Waals surface area (Å²) < 4.78 is 0. The van der Waals surface area contributed by atoms with Gasteiger partial charge in [0.15, 0.2) is 5.96 Å². The Morgan fingerprint density at radius 2 is 1.95 bits per heavy atom. The predicted octanol–water partition coefficient (Wildman–Crippen LogP) is 3.81. The molecule has 0 amide bonds. The maximum atomic E-state index is 6.33. The molecule has 1 aromatic rings. The molecule has 3 nitrogen and oxygen atoms in total. The number of guanidine groups is 1. The molecular weight excluding hydrogens is 270 g/mol. The lowest BCUT2D eigenvalue weighted by Crippen LogP contribution is -2.42. The van der Waals surface area contributed by atoms with E-state index in [1.807, 2.05) is 24.3 Å². The molecule has 108 valence electrons. The second-order valence-corrected chi connectivity index (χ2v) is 6.32. The number of para-hydroxylation sites is 1. The molecule has 0 bridgehead atoms. The fourth-order valence-electron chi connectivity index (χ4n) is 3.50. The Hall–Kier alpha value is -1.22. The number of nitrogens with two attached hydrogens (primary N) is 1. The molecule has 1 aliphatic carbocycles. The molecule has 0 radical (unpaired) electrons. The summed E-state index contributed by atoms with van der Waals surface area (Å²) in [6.07, 6.45) is 8.03. The molecule has 20 heavy (non-hydrogen) atoms. The van der Waals surface area contributed by atoms with Gasteiger partial charge in [-0.1, -0.05) is 55.8 Å². The van der Waals surface area contributed by atoms with Crippen LogP contribution < -0.4 is 10.6 Å². The molecule has 1 aromatic carbocycles. The van der Waals surface area contributed by atoms with Crippen LogP contribution in [0.15, 0.2) is 29.3 Å². The maximum absolute atomic E-state index is 6.33. The molecule has 4 heteroatoms. The van der Waals surface area contributed by atoms with Crippen molar-refractivity contribution in [1.82, 2.24) is 0 Å². The molecule has 1 heterocycles. The quantitative estimate of drug-likeness (QED) is 0.920. The molecule has 3 rings (SSSR count). The Morgan fingerprint density at radius 3 is 2.70 bits per heavy atom. The van der Waals surface area contributed by atoms with Gasteiger partial charge in [0.25, 0.3) is 0 Å². The van der Waals surface area contributed by atoms with Crippen molar-refractivity contribution in [2.24, 2.45) is 16.6 Å². The first kappa shape index (κ1) is 13.7. The van der Waals surface area contributed by atoms with Crippen LogP contribution >= 0.6 is 11.6 Å². The van der Waals surface area contributed by atoms with Crippen molar-refractivity contribution in [2.45, 2.75) is 44.6 Å². The van der Waals surface area contributed by atoms with Crippen molar-refractivity contribution in [3.8, 4) is 0 Å². The highest BCUT2D eigenvalue weighted by atomic mass is 35.5. The zero-order valence-corrected chi connectivity index (χ0v) is 12.5. The van der Waals surface area contributed by atoms with Crippen LogP contribution in [0.4, 0.5) is 5.69 Å². The first-order valence-electron chi connectivity index (χ1n) is 7.59. The van der Waals surface area contributed by atoms with Gasteiger partial charge in [-0.3, -0.25) is 4.99 Å². The van der Waals surface area contributed by atoms with Crippen molar-refractivity contribution < 1.29 is 0 Å². The number of hydrogen-bond donors (Lipinski definition) is 1. The van der Waals surface area contributed by atoms with Crippen LogP contribution in [0.3, 0.4) is 0 Å². The van der Waals surface area contributed by atoms with E-state index in [0.717, 1.165) is 23.2 Å². The Kier molecular flexibility index (Phi) is 4.16. The fourth-order valence-corrected chi connectivity index (χ4v) is 3.73. The highest BCUT2D eigenvalue weighted by Crippen LogP contribution is 2.34. The minimum atomic E-state index is 0.373. The second kappa shape index (κ2) is 6.04. The van der Waals surface area contributed by atoms with Crippen molar-refractivity contribution in [1.29, 1.82) is 0 Å². The van der Waals surface area contributed by atoms with Gasteiger partial charge >= 0.3 is 0 Å². The van der Waals surface area contributed by atoms with E-state index in [2.05, 4.69) is 9.89 Å². The third kappa shape index (κ3) is 2.78. The molecule has 0 saturated heterocycles. The average molecular weight is 292 g/mol. The summed E-state index contributed by atoms with van der Waals surface area (Å²) >= 11 is 6.33. The molecule has 1 atom stereocenters. The van der Waals surface area contributed by atoms with Crippen LogP contribution in [-0.4, -0.2) is 18.5 Å². The third-order valence-electron chi connectivity index (χ3n) is 4.52. The van der Waals surface area contributed by atoms with Gasteiger partial charge in [-0.15, -0.1) is 0 Å². The summed E-state index contributed by atoms with van der Waals surface area (Å²) in [5.74, 6) is 1.43. The molecule has 1 aliphatic heterocycles. The fraction of sp³-hybridized carbons (Fsp3) is 0.562. The predicted molar refractivity (Wildman–Crippen MR) is 85.4 cm³/mol. The van der Waals surface area contributed by atoms with E-state index in [0.29, 0.717) is 12.0 Å². The van der Waals surface area contributed by atoms with Gasteiger partial charge < -0.3 is 10.6 Å². The minimum absolute atomic E-state index is 0.373. The van der Waals surface area contributed by atoms with Crippen molar-refractivity contribution >= 4 is 23.2 Å². The summed E-state index contributed by atoms with van der Waals surface area (Å²) in [6.45, 7) is 0.799. The lowest BCUT2D eigenvalue weighted by Gasteiger charge is -2.31. The number of aliphatic imine (C=N–C) groups is 1. The van der Waals surface area contributed by atoms with Gasteiger partial charge in [0.05, 0.1) is 23.3 Å². The van der Waals surface area contributed by atoms with Crippen molar-refractivity contribution in [3.05, 3.63) is 29.3 Å². The monoisotopic (exact) mass is 291 g/mol. The van der Waals surface area contributed by atoms with E-state index in [1.54, 1.807) is 0 Å². The van der Waals surface area contributed by atoms with Crippen LogP contribution in [0.1, 0.15) is 38.5 Å². The zero-order chi connectivity index (χ0) is 13.9. The number of benzene rings is 1. The number of nitrogens with zero attached hydrogens (tertiary/aromatic N) is 2. The molecule has 0 spiro atoms. The summed E-state index contributed by atoms with van der Waals surface area (Å²) in [6, 6.07) is 8.28. The summed E-state index contributed by atoms with van der Waals surface area (Å²) in [5.41, 5.74) is 7.09. The largest absolute Gasteiger partial charge is 0.370 e. The molecule has 2 N–H and O–H groups in total. The number of rotatable bonds is 3. The smallest absolute Gasteiger partial charge is 0.196 e. The number of anilines is 1. The van der Waals surface area contributed by atoms with E-state index in [-0.39, 0.29) is 0 Å². The first-order valence-corrected chi connectivity index (χ1v) is 7.97. The third-order valence-corrected chi connectivity index (χ3v) is 4.84. The zero-order valence-electron chi connectivity index (χ0n) is 11.8. The maximum Gasteiger partial charge on any atom is 0.196 e. The standard InChI is InChI=1S/C16H22ClN3/c17-14-8-4-5-9-15(14)20-13(11-19-16(20)18)10-12-6-2-1-3-7-12/h4-5,8-9,12-13H,1-3,6-7,10-11H2,(H2,18,19). The van der Waals surface area contributed by atoms with Gasteiger partial charge in [-0.05, 0) is 24.5 Å². The summed E-state index contributed by atoms with van der Waals surface area (Å²) in [7, 11) is 0. The number of hydrogen-bond acceptors (Lipinski definition) is 3. The van der Waals surface area contributed by atoms with Gasteiger partial charge in [0.1, 0.15) is 0 Å². The van der Waals surface area contributed by atoms with Crippen LogP contribution in [-0.2, 0) is 0 Å². The molecule has 0 aromatic heterocycles. The lowest BCUT2D eigenvalue weighted by atomic mass is 9.84. The van der Waals surface area contributed by atoms with Crippen molar-refractivity contribution in [3.63, 3.8) is 0 Å². The Labute approximate surface area is 125 Å². The minimum Gasteiger partial charge on any atom is -0.370 e. The molecule has 1 fully saturated rings. The topological polar surface area (TPSA) is 41.6 Å². The van der Waals surface area contributed by atoms with Gasteiger partial charge in [0, 0.05) is 0 Å². The van der Waals surface area contributed by atoms with Gasteiger partial charge in [-0.25, -0.2) is 0 Å². The second-order valence-electron chi connectivity index (χ2n) is 5.91. The SMILES string of the molecule is NC1=NCC(CC2CCCCC2)N1c1ccccc1Cl. The van der Waals surface area contributed by atoms with Crippen LogP contribution in [0.2, 0.25) is 5.02 Å². The first-order chi connectivity index (χ1) is 9.75. The van der Waals surface area contributed by atoms with E-state index in [1.165, 1.54) is 38.5 Å². The highest BCUT2D eigenvalue weighted by molar-refractivity contribution is 6.33. The molecular formula is C16H22ClN3. The van der Waals surface area contributed by atoms with Crippen LogP contribution in [0.5, 0.6) is 0 Å². The molecule has 2 aliphatic rings. The van der Waals surface area contributed by atoms with Crippen molar-refractivity contribution in [2.75, 3.05) is 11.4 Å². The average Bonchev–Trinajstić information content (AvgIpc) is 2.82. The summed E-state index contributed by atoms with van der Waals surface area (Å²) in [4.78, 5) is 6.58. The van der Waals surface area contributed by atoms with E-state index in [9.17, 15) is 0 Å². The van der Waals surface area contributed by atoms with Crippen LogP contribution in [0.25, 0.3) is 0 Å². The summed E-state index contributed by atoms with van der Waals surface area (Å²) in [5, 5.41) is 0.751. The lowest BCUT2D eigenvalue weighted by molar-refractivity contribution is 0.322. The molecule has 1 saturated carbocycles.